The van der Waals surface area contributed by atoms with E-state index in [0.717, 1.165) is 51.4 Å². The Labute approximate surface area is 148 Å². The third kappa shape index (κ3) is 4.04. The summed E-state index contributed by atoms with van der Waals surface area (Å²) >= 11 is 0. The normalized spacial score (nSPS) is 16.8. The molecule has 0 N–H and O–H groups in total. The lowest BCUT2D eigenvalue weighted by Gasteiger charge is -2.38. The highest BCUT2D eigenvalue weighted by Crippen LogP contribution is 2.28. The second-order valence-electron chi connectivity index (χ2n) is 6.47. The predicted octanol–water partition coefficient (Wildman–Crippen LogP) is 1.73. The minimum Gasteiger partial charge on any atom is -0.340 e. The van der Waals surface area contributed by atoms with Gasteiger partial charge in [0.15, 0.2) is 5.82 Å². The molecule has 1 atom stereocenters. The number of aryl methyl sites for hydroxylation is 1. The summed E-state index contributed by atoms with van der Waals surface area (Å²) in [6.45, 7) is 7.76. The molecule has 0 aliphatic carbocycles. The molecule has 0 radical (unpaired) electrons. The summed E-state index contributed by atoms with van der Waals surface area (Å²) in [5, 5.41) is 12.5. The first-order chi connectivity index (χ1) is 12.2. The zero-order valence-corrected chi connectivity index (χ0v) is 15.0. The van der Waals surface area contributed by atoms with Crippen LogP contribution in [-0.4, -0.2) is 62.1 Å². The Bertz CT molecular complexity index is 678. The van der Waals surface area contributed by atoms with Crippen LogP contribution in [0.5, 0.6) is 0 Å². The average Bonchev–Trinajstić information content (AvgIpc) is 3.09. The van der Waals surface area contributed by atoms with Crippen LogP contribution >= 0.6 is 0 Å². The van der Waals surface area contributed by atoms with Gasteiger partial charge in [0.25, 0.3) is 0 Å². The van der Waals surface area contributed by atoms with Crippen molar-refractivity contribution in [2.75, 3.05) is 26.2 Å². The molecule has 0 spiro atoms. The van der Waals surface area contributed by atoms with Crippen molar-refractivity contribution >= 4 is 5.91 Å². The zero-order chi connectivity index (χ0) is 17.6. The highest BCUT2D eigenvalue weighted by molar-refractivity contribution is 5.73. The summed E-state index contributed by atoms with van der Waals surface area (Å²) in [5.74, 6) is 1.03. The quantitative estimate of drug-likeness (QED) is 0.800. The number of rotatable bonds is 6. The fourth-order valence-electron chi connectivity index (χ4n) is 3.33. The maximum atomic E-state index is 11.6. The standard InChI is InChI=1S/C18H26N6O/c1-3-4-10-24-18(19-20-21-24)17(16-8-6-5-7-9-16)23-13-11-22(12-14-23)15(2)25/h5-9,17H,3-4,10-14H2,1-2H3. The zero-order valence-electron chi connectivity index (χ0n) is 15.0. The van der Waals surface area contributed by atoms with E-state index < -0.39 is 0 Å². The first-order valence-electron chi connectivity index (χ1n) is 9.01. The lowest BCUT2D eigenvalue weighted by Crippen LogP contribution is -2.49. The Morgan fingerprint density at radius 2 is 1.88 bits per heavy atom. The van der Waals surface area contributed by atoms with Crippen LogP contribution in [0.15, 0.2) is 30.3 Å². The van der Waals surface area contributed by atoms with Gasteiger partial charge >= 0.3 is 0 Å². The van der Waals surface area contributed by atoms with E-state index in [1.165, 1.54) is 5.56 Å². The van der Waals surface area contributed by atoms with Gasteiger partial charge in [-0.05, 0) is 22.4 Å². The summed E-state index contributed by atoms with van der Waals surface area (Å²) < 4.78 is 1.93. The van der Waals surface area contributed by atoms with Gasteiger partial charge in [0.2, 0.25) is 5.91 Å². The van der Waals surface area contributed by atoms with Gasteiger partial charge in [0, 0.05) is 39.6 Å². The Balaban J connectivity index is 1.87. The van der Waals surface area contributed by atoms with Gasteiger partial charge in [-0.15, -0.1) is 5.10 Å². The number of piperazine rings is 1. The fraction of sp³-hybridized carbons (Fsp3) is 0.556. The number of unbranched alkanes of at least 4 members (excludes halogenated alkanes) is 1. The molecule has 0 saturated carbocycles. The highest BCUT2D eigenvalue weighted by atomic mass is 16.2. The second-order valence-corrected chi connectivity index (χ2v) is 6.47. The topological polar surface area (TPSA) is 67.2 Å². The molecule has 7 heteroatoms. The lowest BCUT2D eigenvalue weighted by molar-refractivity contribution is -0.130. The van der Waals surface area contributed by atoms with E-state index >= 15 is 0 Å². The van der Waals surface area contributed by atoms with E-state index in [-0.39, 0.29) is 11.9 Å². The first kappa shape index (κ1) is 17.5. The van der Waals surface area contributed by atoms with Crippen molar-refractivity contribution in [2.45, 2.75) is 39.3 Å². The van der Waals surface area contributed by atoms with Crippen LogP contribution in [0.1, 0.15) is 44.1 Å². The number of carbonyl (C=O) groups excluding carboxylic acids is 1. The fourth-order valence-corrected chi connectivity index (χ4v) is 3.33. The molecule has 1 aromatic heterocycles. The maximum absolute atomic E-state index is 11.6. The summed E-state index contributed by atoms with van der Waals surface area (Å²) in [6.07, 6.45) is 2.16. The monoisotopic (exact) mass is 342 g/mol. The third-order valence-corrected chi connectivity index (χ3v) is 4.77. The molecule has 1 aliphatic rings. The number of hydrogen-bond acceptors (Lipinski definition) is 5. The van der Waals surface area contributed by atoms with Crippen LogP contribution in [-0.2, 0) is 11.3 Å². The molecule has 1 aromatic carbocycles. The van der Waals surface area contributed by atoms with Crippen molar-refractivity contribution < 1.29 is 4.79 Å². The molecule has 2 aromatic rings. The molecule has 1 saturated heterocycles. The maximum Gasteiger partial charge on any atom is 0.219 e. The molecule has 134 valence electrons. The van der Waals surface area contributed by atoms with Crippen molar-refractivity contribution in [3.05, 3.63) is 41.7 Å². The second kappa shape index (κ2) is 8.20. The summed E-state index contributed by atoms with van der Waals surface area (Å²) in [7, 11) is 0. The van der Waals surface area contributed by atoms with Gasteiger partial charge in [-0.1, -0.05) is 43.7 Å². The van der Waals surface area contributed by atoms with E-state index in [1.54, 1.807) is 6.92 Å². The van der Waals surface area contributed by atoms with Crippen molar-refractivity contribution in [1.29, 1.82) is 0 Å². The number of amides is 1. The molecule has 1 aliphatic heterocycles. The molecule has 7 nitrogen and oxygen atoms in total. The van der Waals surface area contributed by atoms with Crippen LogP contribution in [0.25, 0.3) is 0 Å². The largest absolute Gasteiger partial charge is 0.340 e. The minimum atomic E-state index is 0.0159. The molecular formula is C18H26N6O. The summed E-state index contributed by atoms with van der Waals surface area (Å²) in [6, 6.07) is 10.4. The molecule has 0 bridgehead atoms. The van der Waals surface area contributed by atoms with Crippen LogP contribution in [0.4, 0.5) is 0 Å². The van der Waals surface area contributed by atoms with Crippen LogP contribution in [0.2, 0.25) is 0 Å². The van der Waals surface area contributed by atoms with Crippen LogP contribution < -0.4 is 0 Å². The molecule has 1 unspecified atom stereocenters. The van der Waals surface area contributed by atoms with Gasteiger partial charge in [-0.2, -0.15) is 0 Å². The molecule has 3 rings (SSSR count). The molecule has 25 heavy (non-hydrogen) atoms. The third-order valence-electron chi connectivity index (χ3n) is 4.77. The van der Waals surface area contributed by atoms with E-state index in [9.17, 15) is 4.79 Å². The van der Waals surface area contributed by atoms with Gasteiger partial charge < -0.3 is 4.90 Å². The van der Waals surface area contributed by atoms with E-state index in [1.807, 2.05) is 27.8 Å². The van der Waals surface area contributed by atoms with E-state index in [4.69, 9.17) is 0 Å². The minimum absolute atomic E-state index is 0.0159. The first-order valence-corrected chi connectivity index (χ1v) is 9.01. The summed E-state index contributed by atoms with van der Waals surface area (Å²) in [4.78, 5) is 15.9. The molecule has 2 heterocycles. The smallest absolute Gasteiger partial charge is 0.219 e. The average molecular weight is 342 g/mol. The number of tetrazole rings is 1. The van der Waals surface area contributed by atoms with Gasteiger partial charge in [0.05, 0.1) is 6.04 Å². The lowest BCUT2D eigenvalue weighted by atomic mass is 10.0. The Morgan fingerprint density at radius 3 is 2.52 bits per heavy atom. The number of hydrogen-bond donors (Lipinski definition) is 0. The number of aromatic nitrogens is 4. The SMILES string of the molecule is CCCCn1nnnc1C(c1ccccc1)N1CCN(C(C)=O)CC1. The van der Waals surface area contributed by atoms with E-state index in [0.29, 0.717) is 0 Å². The Kier molecular flexibility index (Phi) is 5.75. The van der Waals surface area contributed by atoms with Crippen LogP contribution in [0, 0.1) is 0 Å². The summed E-state index contributed by atoms with van der Waals surface area (Å²) in [5.41, 5.74) is 1.19. The molecule has 1 fully saturated rings. The predicted molar refractivity (Wildman–Crippen MR) is 94.8 cm³/mol. The van der Waals surface area contributed by atoms with Crippen molar-refractivity contribution in [3.63, 3.8) is 0 Å². The van der Waals surface area contributed by atoms with Gasteiger partial charge in [-0.3, -0.25) is 9.69 Å². The number of benzene rings is 1. The van der Waals surface area contributed by atoms with Crippen molar-refractivity contribution in [2.24, 2.45) is 0 Å². The Hall–Kier alpha value is -2.28. The Morgan fingerprint density at radius 1 is 1.16 bits per heavy atom. The highest BCUT2D eigenvalue weighted by Gasteiger charge is 2.30. The number of carbonyl (C=O) groups is 1. The van der Waals surface area contributed by atoms with Gasteiger partial charge in [0.1, 0.15) is 0 Å². The van der Waals surface area contributed by atoms with Crippen molar-refractivity contribution in [1.82, 2.24) is 30.0 Å². The van der Waals surface area contributed by atoms with E-state index in [2.05, 4.69) is 39.5 Å². The van der Waals surface area contributed by atoms with Crippen LogP contribution in [0.3, 0.4) is 0 Å². The van der Waals surface area contributed by atoms with Crippen molar-refractivity contribution in [3.8, 4) is 0 Å². The number of nitrogens with zero attached hydrogens (tertiary/aromatic N) is 6. The molecular weight excluding hydrogens is 316 g/mol. The van der Waals surface area contributed by atoms with Gasteiger partial charge in [-0.25, -0.2) is 4.68 Å². The molecule has 1 amide bonds.